The second kappa shape index (κ2) is 7.20. The number of rotatable bonds is 5. The van der Waals surface area contributed by atoms with E-state index in [2.05, 4.69) is 5.16 Å². The van der Waals surface area contributed by atoms with Crippen LogP contribution in [0, 0.1) is 0 Å². The highest BCUT2D eigenvalue weighted by atomic mass is 16.5. The predicted octanol–water partition coefficient (Wildman–Crippen LogP) is 4.37. The molecule has 3 heterocycles. The third-order valence-electron chi connectivity index (χ3n) is 9.17. The summed E-state index contributed by atoms with van der Waals surface area (Å²) in [7, 11) is 1.81. The number of amides is 1. The number of aromatic nitrogens is 1. The number of esters is 1. The van der Waals surface area contributed by atoms with Crippen molar-refractivity contribution in [2.45, 2.75) is 112 Å². The highest BCUT2D eigenvalue weighted by Gasteiger charge is 2.54. The molecule has 1 aromatic rings. The SMILES string of the molecule is COC12CCC(c3noc(C4CC4)c3C(=O)OC3C[C@H]4CC[C@@H](C3)N4C(=O)O)(CC1)CC2. The molecule has 2 aliphatic heterocycles. The molecule has 174 valence electrons. The molecule has 6 fully saturated rings. The predicted molar refractivity (Wildman–Crippen MR) is 113 cm³/mol. The van der Waals surface area contributed by atoms with E-state index in [1.807, 2.05) is 7.11 Å². The van der Waals surface area contributed by atoms with Crippen molar-refractivity contribution < 1.29 is 28.7 Å². The zero-order valence-corrected chi connectivity index (χ0v) is 18.7. The first-order chi connectivity index (χ1) is 15.4. The van der Waals surface area contributed by atoms with Gasteiger partial charge in [0.1, 0.15) is 17.4 Å². The van der Waals surface area contributed by atoms with Gasteiger partial charge in [-0.3, -0.25) is 0 Å². The molecule has 4 aliphatic carbocycles. The molecule has 8 nitrogen and oxygen atoms in total. The highest BCUT2D eigenvalue weighted by molar-refractivity contribution is 5.92. The summed E-state index contributed by atoms with van der Waals surface area (Å²) in [6.07, 6.45) is 9.62. The Labute approximate surface area is 187 Å². The standard InChI is InChI=1S/C24H32N2O6/c1-30-24-9-6-23(7-10-24,8-11-24)20-18(19(32-25-20)14-2-3-14)21(27)31-17-12-15-4-5-16(13-17)26(15)22(28)29/h14-17H,2-13H2,1H3,(H,28,29)/t15-,16+,17?,23?,24?. The van der Waals surface area contributed by atoms with E-state index in [9.17, 15) is 14.7 Å². The van der Waals surface area contributed by atoms with Crippen molar-refractivity contribution in [2.24, 2.45) is 0 Å². The molecule has 1 aromatic heterocycles. The topological polar surface area (TPSA) is 102 Å². The van der Waals surface area contributed by atoms with Crippen LogP contribution < -0.4 is 0 Å². The first-order valence-electron chi connectivity index (χ1n) is 12.2. The monoisotopic (exact) mass is 444 g/mol. The van der Waals surface area contributed by atoms with Gasteiger partial charge < -0.3 is 24.0 Å². The number of nitrogens with zero attached hydrogens (tertiary/aromatic N) is 2. The number of piperidine rings is 1. The quantitative estimate of drug-likeness (QED) is 0.673. The Kier molecular flexibility index (Phi) is 4.62. The third-order valence-corrected chi connectivity index (χ3v) is 9.17. The second-order valence-electron chi connectivity index (χ2n) is 10.8. The van der Waals surface area contributed by atoms with E-state index in [0.29, 0.717) is 24.2 Å². The summed E-state index contributed by atoms with van der Waals surface area (Å²) in [4.78, 5) is 26.7. The molecule has 7 rings (SSSR count). The van der Waals surface area contributed by atoms with Gasteiger partial charge in [0.05, 0.1) is 5.60 Å². The number of hydrogen-bond acceptors (Lipinski definition) is 6. The van der Waals surface area contributed by atoms with Gasteiger partial charge in [-0.05, 0) is 64.2 Å². The number of carbonyl (C=O) groups excluding carboxylic acids is 1. The molecule has 2 saturated heterocycles. The van der Waals surface area contributed by atoms with Gasteiger partial charge in [0.2, 0.25) is 0 Å². The van der Waals surface area contributed by atoms with Gasteiger partial charge in [-0.25, -0.2) is 9.59 Å². The summed E-state index contributed by atoms with van der Waals surface area (Å²) in [5.41, 5.74) is 1.24. The molecule has 1 unspecified atom stereocenters. The Morgan fingerprint density at radius 2 is 1.66 bits per heavy atom. The zero-order chi connectivity index (χ0) is 22.1. The minimum atomic E-state index is -0.861. The molecule has 0 radical (unpaired) electrons. The maximum atomic E-state index is 13.6. The maximum absolute atomic E-state index is 13.6. The van der Waals surface area contributed by atoms with Crippen molar-refractivity contribution in [3.63, 3.8) is 0 Å². The number of ether oxygens (including phenoxy) is 2. The fraction of sp³-hybridized carbons (Fsp3) is 0.792. The van der Waals surface area contributed by atoms with E-state index >= 15 is 0 Å². The van der Waals surface area contributed by atoms with Crippen molar-refractivity contribution in [1.29, 1.82) is 0 Å². The summed E-state index contributed by atoms with van der Waals surface area (Å²) < 4.78 is 17.7. The smallest absolute Gasteiger partial charge is 0.407 e. The van der Waals surface area contributed by atoms with E-state index in [4.69, 9.17) is 14.0 Å². The zero-order valence-electron chi connectivity index (χ0n) is 18.7. The average molecular weight is 445 g/mol. The Morgan fingerprint density at radius 3 is 2.19 bits per heavy atom. The molecule has 1 amide bonds. The molecule has 0 spiro atoms. The average Bonchev–Trinajstić information content (AvgIpc) is 3.48. The van der Waals surface area contributed by atoms with E-state index in [1.165, 1.54) is 0 Å². The van der Waals surface area contributed by atoms with Gasteiger partial charge in [-0.1, -0.05) is 5.16 Å². The lowest BCUT2D eigenvalue weighted by atomic mass is 9.57. The first kappa shape index (κ1) is 20.5. The van der Waals surface area contributed by atoms with E-state index < -0.39 is 6.09 Å². The molecule has 8 heteroatoms. The first-order valence-corrected chi connectivity index (χ1v) is 12.2. The van der Waals surface area contributed by atoms with Crippen LogP contribution in [0.15, 0.2) is 4.52 Å². The molecule has 32 heavy (non-hydrogen) atoms. The van der Waals surface area contributed by atoms with Crippen LogP contribution in [0.5, 0.6) is 0 Å². The van der Waals surface area contributed by atoms with Gasteiger partial charge >= 0.3 is 12.1 Å². The summed E-state index contributed by atoms with van der Waals surface area (Å²) in [5, 5.41) is 14.0. The van der Waals surface area contributed by atoms with Crippen molar-refractivity contribution in [3.8, 4) is 0 Å². The van der Waals surface area contributed by atoms with Crippen LogP contribution in [0.1, 0.15) is 105 Å². The number of fused-ring (bicyclic) bond motifs is 5. The fourth-order valence-electron chi connectivity index (χ4n) is 7.04. The van der Waals surface area contributed by atoms with Crippen LogP contribution in [0.4, 0.5) is 4.79 Å². The van der Waals surface area contributed by atoms with Crippen LogP contribution in [-0.2, 0) is 14.9 Å². The Morgan fingerprint density at radius 1 is 1.03 bits per heavy atom. The normalized spacial score (nSPS) is 38.2. The largest absolute Gasteiger partial charge is 0.465 e. The Hall–Kier alpha value is -2.09. The highest BCUT2D eigenvalue weighted by Crippen LogP contribution is 2.56. The number of carboxylic acid groups (broad SMARTS) is 1. The van der Waals surface area contributed by atoms with Crippen LogP contribution in [0.3, 0.4) is 0 Å². The van der Waals surface area contributed by atoms with Crippen molar-refractivity contribution in [2.75, 3.05) is 7.11 Å². The molecule has 1 N–H and O–H groups in total. The molecular formula is C24H32N2O6. The van der Waals surface area contributed by atoms with Crippen molar-refractivity contribution in [1.82, 2.24) is 10.1 Å². The maximum Gasteiger partial charge on any atom is 0.407 e. The van der Waals surface area contributed by atoms with Crippen molar-refractivity contribution >= 4 is 12.1 Å². The minimum Gasteiger partial charge on any atom is -0.465 e. The number of methoxy groups -OCH3 is 1. The summed E-state index contributed by atoms with van der Waals surface area (Å²) in [6, 6.07) is -0.0994. The van der Waals surface area contributed by atoms with Gasteiger partial charge in [-0.15, -0.1) is 0 Å². The number of carbonyl (C=O) groups is 2. The fourth-order valence-corrected chi connectivity index (χ4v) is 7.04. The molecule has 3 atom stereocenters. The third kappa shape index (κ3) is 3.09. The van der Waals surface area contributed by atoms with Crippen LogP contribution >= 0.6 is 0 Å². The van der Waals surface area contributed by atoms with E-state index in [0.717, 1.165) is 69.9 Å². The van der Waals surface area contributed by atoms with Gasteiger partial charge in [0.15, 0.2) is 5.76 Å². The van der Waals surface area contributed by atoms with Crippen molar-refractivity contribution in [3.05, 3.63) is 17.0 Å². The lowest BCUT2D eigenvalue weighted by molar-refractivity contribution is -0.0967. The van der Waals surface area contributed by atoms with Crippen LogP contribution in [-0.4, -0.2) is 58.1 Å². The molecular weight excluding hydrogens is 412 g/mol. The van der Waals surface area contributed by atoms with Gasteiger partial charge in [0, 0.05) is 43.4 Å². The van der Waals surface area contributed by atoms with Crippen LogP contribution in [0.25, 0.3) is 0 Å². The molecule has 4 saturated carbocycles. The Balaban J connectivity index is 1.25. The van der Waals surface area contributed by atoms with Crippen LogP contribution in [0.2, 0.25) is 0 Å². The Bertz CT molecular complexity index is 898. The van der Waals surface area contributed by atoms with Gasteiger partial charge in [-0.2, -0.15) is 0 Å². The minimum absolute atomic E-state index is 0.0110. The molecule has 4 bridgehead atoms. The summed E-state index contributed by atoms with van der Waals surface area (Å²) >= 11 is 0. The van der Waals surface area contributed by atoms with Gasteiger partial charge in [0.25, 0.3) is 0 Å². The number of hydrogen-bond donors (Lipinski definition) is 1. The summed E-state index contributed by atoms with van der Waals surface area (Å²) in [5.74, 6) is 0.657. The van der Waals surface area contributed by atoms with E-state index in [1.54, 1.807) is 4.90 Å². The summed E-state index contributed by atoms with van der Waals surface area (Å²) in [6.45, 7) is 0. The lowest BCUT2D eigenvalue weighted by Gasteiger charge is -2.52. The lowest BCUT2D eigenvalue weighted by Crippen LogP contribution is -2.50. The second-order valence-corrected chi connectivity index (χ2v) is 10.8. The molecule has 6 aliphatic rings. The molecule has 0 aromatic carbocycles. The van der Waals surface area contributed by atoms with E-state index in [-0.39, 0.29) is 41.1 Å².